The first-order valence-corrected chi connectivity index (χ1v) is 4.79. The number of hydrogen-bond donors (Lipinski definition) is 0. The molecule has 0 aliphatic heterocycles. The Balaban J connectivity index is 2.05. The molecule has 0 radical (unpaired) electrons. The molecule has 3 heteroatoms. The number of carbonyl (C=O) groups is 2. The number of rotatable bonds is 2. The fraction of sp³-hybridized carbons (Fsp3) is 0.800. The first-order chi connectivity index (χ1) is 6.26. The summed E-state index contributed by atoms with van der Waals surface area (Å²) in [5, 5.41) is 0. The van der Waals surface area contributed by atoms with Crippen molar-refractivity contribution in [1.29, 1.82) is 0 Å². The second-order valence-corrected chi connectivity index (χ2v) is 4.16. The molecular formula is C10H14O3. The Morgan fingerprint density at radius 1 is 1.31 bits per heavy atom. The third kappa shape index (κ3) is 1.47. The zero-order valence-electron chi connectivity index (χ0n) is 7.73. The Hall–Kier alpha value is -0.860. The van der Waals surface area contributed by atoms with E-state index in [9.17, 15) is 9.59 Å². The molecule has 2 aliphatic rings. The summed E-state index contributed by atoms with van der Waals surface area (Å²) in [6.45, 7) is 0. The number of methoxy groups -OCH3 is 1. The first-order valence-electron chi connectivity index (χ1n) is 4.79. The van der Waals surface area contributed by atoms with Gasteiger partial charge in [0, 0.05) is 5.92 Å². The number of carbonyl (C=O) groups excluding carboxylic acids is 2. The molecule has 2 rings (SSSR count). The van der Waals surface area contributed by atoms with E-state index in [0.717, 1.165) is 25.0 Å². The van der Waals surface area contributed by atoms with Crippen LogP contribution < -0.4 is 0 Å². The van der Waals surface area contributed by atoms with E-state index in [0.29, 0.717) is 5.92 Å². The summed E-state index contributed by atoms with van der Waals surface area (Å²) >= 11 is 0. The minimum Gasteiger partial charge on any atom is -0.469 e. The van der Waals surface area contributed by atoms with Crippen LogP contribution in [0.4, 0.5) is 0 Å². The standard InChI is InChI=1S/C10H14O3/c1-13-10(12)9-4-7-2-6(7)3-8(9)5-11/h5-9H,2-4H2,1H3/t6?,7?,8-,9+/m0/s1. The summed E-state index contributed by atoms with van der Waals surface area (Å²) < 4.78 is 4.69. The van der Waals surface area contributed by atoms with Gasteiger partial charge in [0.25, 0.3) is 0 Å². The molecule has 3 nitrogen and oxygen atoms in total. The Bertz CT molecular complexity index is 236. The quantitative estimate of drug-likeness (QED) is 0.473. The van der Waals surface area contributed by atoms with Crippen molar-refractivity contribution in [2.75, 3.05) is 7.11 Å². The lowest BCUT2D eigenvalue weighted by Crippen LogP contribution is -2.30. The lowest BCUT2D eigenvalue weighted by Gasteiger charge is -2.24. The number of aldehydes is 1. The second kappa shape index (κ2) is 3.13. The molecule has 2 aliphatic carbocycles. The molecule has 0 aromatic rings. The Kier molecular flexibility index (Phi) is 2.10. The minimum atomic E-state index is -0.206. The van der Waals surface area contributed by atoms with Crippen LogP contribution in [0.2, 0.25) is 0 Å². The Morgan fingerprint density at radius 3 is 2.62 bits per heavy atom. The maximum atomic E-state index is 11.3. The molecule has 2 unspecified atom stereocenters. The highest BCUT2D eigenvalue weighted by molar-refractivity contribution is 5.77. The van der Waals surface area contributed by atoms with Gasteiger partial charge in [-0.15, -0.1) is 0 Å². The molecule has 2 fully saturated rings. The van der Waals surface area contributed by atoms with Crippen molar-refractivity contribution in [3.8, 4) is 0 Å². The van der Waals surface area contributed by atoms with Crippen molar-refractivity contribution in [2.24, 2.45) is 23.7 Å². The normalized spacial score (nSPS) is 41.9. The van der Waals surface area contributed by atoms with Crippen LogP contribution in [0, 0.1) is 23.7 Å². The molecule has 0 N–H and O–H groups in total. The zero-order chi connectivity index (χ0) is 9.42. The summed E-state index contributed by atoms with van der Waals surface area (Å²) in [4.78, 5) is 22.1. The van der Waals surface area contributed by atoms with Crippen LogP contribution in [0.5, 0.6) is 0 Å². The molecule has 72 valence electrons. The lowest BCUT2D eigenvalue weighted by molar-refractivity contribution is -0.150. The second-order valence-electron chi connectivity index (χ2n) is 4.16. The highest BCUT2D eigenvalue weighted by atomic mass is 16.5. The van der Waals surface area contributed by atoms with Crippen molar-refractivity contribution in [3.05, 3.63) is 0 Å². The van der Waals surface area contributed by atoms with E-state index in [4.69, 9.17) is 4.74 Å². The van der Waals surface area contributed by atoms with Gasteiger partial charge < -0.3 is 9.53 Å². The van der Waals surface area contributed by atoms with Crippen LogP contribution in [0.1, 0.15) is 19.3 Å². The van der Waals surface area contributed by atoms with E-state index in [1.165, 1.54) is 13.5 Å². The molecule has 0 amide bonds. The monoisotopic (exact) mass is 182 g/mol. The van der Waals surface area contributed by atoms with Gasteiger partial charge >= 0.3 is 5.97 Å². The highest BCUT2D eigenvalue weighted by Gasteiger charge is 2.48. The third-order valence-electron chi connectivity index (χ3n) is 3.40. The largest absolute Gasteiger partial charge is 0.469 e. The van der Waals surface area contributed by atoms with Gasteiger partial charge in [-0.05, 0) is 31.1 Å². The molecule has 0 spiro atoms. The molecule has 0 heterocycles. The number of esters is 1. The van der Waals surface area contributed by atoms with Crippen LogP contribution in [-0.2, 0) is 14.3 Å². The summed E-state index contributed by atoms with van der Waals surface area (Å²) in [7, 11) is 1.39. The van der Waals surface area contributed by atoms with Gasteiger partial charge in [0.2, 0.25) is 0 Å². The van der Waals surface area contributed by atoms with E-state index < -0.39 is 0 Å². The van der Waals surface area contributed by atoms with Crippen LogP contribution in [0.3, 0.4) is 0 Å². The zero-order valence-corrected chi connectivity index (χ0v) is 7.73. The number of ether oxygens (including phenoxy) is 1. The summed E-state index contributed by atoms with van der Waals surface area (Å²) in [5.41, 5.74) is 0. The summed E-state index contributed by atoms with van der Waals surface area (Å²) in [6.07, 6.45) is 3.89. The molecule has 4 atom stereocenters. The first kappa shape index (κ1) is 8.73. The average molecular weight is 182 g/mol. The van der Waals surface area contributed by atoms with E-state index >= 15 is 0 Å². The maximum absolute atomic E-state index is 11.3. The number of hydrogen-bond acceptors (Lipinski definition) is 3. The van der Waals surface area contributed by atoms with Crippen LogP contribution in [0.25, 0.3) is 0 Å². The molecule has 13 heavy (non-hydrogen) atoms. The number of fused-ring (bicyclic) bond motifs is 1. The van der Waals surface area contributed by atoms with Gasteiger partial charge in [0.05, 0.1) is 13.0 Å². The molecule has 2 saturated carbocycles. The Morgan fingerprint density at radius 2 is 2.00 bits per heavy atom. The van der Waals surface area contributed by atoms with E-state index in [1.54, 1.807) is 0 Å². The van der Waals surface area contributed by atoms with Gasteiger partial charge in [-0.2, -0.15) is 0 Å². The van der Waals surface area contributed by atoms with Gasteiger partial charge in [0.1, 0.15) is 6.29 Å². The van der Waals surface area contributed by atoms with Crippen LogP contribution >= 0.6 is 0 Å². The maximum Gasteiger partial charge on any atom is 0.309 e. The van der Waals surface area contributed by atoms with E-state index in [1.807, 2.05) is 0 Å². The van der Waals surface area contributed by atoms with Gasteiger partial charge in [-0.1, -0.05) is 0 Å². The molecule has 0 aromatic heterocycles. The smallest absolute Gasteiger partial charge is 0.309 e. The van der Waals surface area contributed by atoms with Crippen LogP contribution in [-0.4, -0.2) is 19.4 Å². The predicted molar refractivity (Wildman–Crippen MR) is 45.9 cm³/mol. The topological polar surface area (TPSA) is 43.4 Å². The molecule has 0 saturated heterocycles. The molecular weight excluding hydrogens is 168 g/mol. The third-order valence-corrected chi connectivity index (χ3v) is 3.40. The fourth-order valence-electron chi connectivity index (χ4n) is 2.48. The van der Waals surface area contributed by atoms with E-state index in [2.05, 4.69) is 0 Å². The van der Waals surface area contributed by atoms with Gasteiger partial charge in [-0.3, -0.25) is 4.79 Å². The van der Waals surface area contributed by atoms with Crippen molar-refractivity contribution >= 4 is 12.3 Å². The SMILES string of the molecule is COC(=O)[C@@H]1CC2CC2C[C@H]1C=O. The lowest BCUT2D eigenvalue weighted by atomic mass is 9.80. The van der Waals surface area contributed by atoms with Crippen molar-refractivity contribution < 1.29 is 14.3 Å². The summed E-state index contributed by atoms with van der Waals surface area (Å²) in [5.74, 6) is 0.960. The predicted octanol–water partition coefficient (Wildman–Crippen LogP) is 1.02. The molecule has 0 aromatic carbocycles. The van der Waals surface area contributed by atoms with Gasteiger partial charge in [-0.25, -0.2) is 0 Å². The molecule has 0 bridgehead atoms. The fourth-order valence-corrected chi connectivity index (χ4v) is 2.48. The average Bonchev–Trinajstić information content (AvgIpc) is 2.92. The van der Waals surface area contributed by atoms with E-state index in [-0.39, 0.29) is 17.8 Å². The van der Waals surface area contributed by atoms with Crippen molar-refractivity contribution in [2.45, 2.75) is 19.3 Å². The van der Waals surface area contributed by atoms with Crippen LogP contribution in [0.15, 0.2) is 0 Å². The van der Waals surface area contributed by atoms with Gasteiger partial charge in [0.15, 0.2) is 0 Å². The van der Waals surface area contributed by atoms with Crippen molar-refractivity contribution in [1.82, 2.24) is 0 Å². The minimum absolute atomic E-state index is 0.0869. The van der Waals surface area contributed by atoms with Crippen molar-refractivity contribution in [3.63, 3.8) is 0 Å². The summed E-state index contributed by atoms with van der Waals surface area (Å²) in [6, 6.07) is 0. The highest BCUT2D eigenvalue weighted by Crippen LogP contribution is 2.53. The Labute approximate surface area is 77.4 Å².